The van der Waals surface area contributed by atoms with Gasteiger partial charge in [0.25, 0.3) is 0 Å². The number of carbonyl (C=O) groups excluding carboxylic acids is 2. The molecule has 2 rings (SSSR count). The van der Waals surface area contributed by atoms with E-state index in [-0.39, 0.29) is 18.6 Å². The molecular formula is C14H19N3O3. The largest absolute Gasteiger partial charge is 0.392 e. The third-order valence-electron chi connectivity index (χ3n) is 3.13. The standard InChI is InChI=1S/C14H19N3O3/c18-12-7-4-8-17(9-12)10-13(19)16-14(20)15-11-5-2-1-3-6-11/h1-3,5-6,12,18H,4,7-10H2,(H2,15,16,19,20). The second-order valence-electron chi connectivity index (χ2n) is 4.90. The number of hydrogen-bond acceptors (Lipinski definition) is 4. The fourth-order valence-corrected chi connectivity index (χ4v) is 2.23. The van der Waals surface area contributed by atoms with E-state index in [4.69, 9.17) is 0 Å². The van der Waals surface area contributed by atoms with Crippen LogP contribution >= 0.6 is 0 Å². The summed E-state index contributed by atoms with van der Waals surface area (Å²) in [4.78, 5) is 25.2. The fraction of sp³-hybridized carbons (Fsp3) is 0.429. The molecule has 1 fully saturated rings. The average molecular weight is 277 g/mol. The lowest BCUT2D eigenvalue weighted by Gasteiger charge is -2.29. The predicted octanol–water partition coefficient (Wildman–Crippen LogP) is 0.791. The summed E-state index contributed by atoms with van der Waals surface area (Å²) >= 11 is 0. The molecule has 1 saturated heterocycles. The molecule has 0 aliphatic carbocycles. The van der Waals surface area contributed by atoms with E-state index in [9.17, 15) is 14.7 Å². The molecule has 1 aromatic carbocycles. The third-order valence-corrected chi connectivity index (χ3v) is 3.13. The molecule has 0 bridgehead atoms. The van der Waals surface area contributed by atoms with Gasteiger partial charge in [0.1, 0.15) is 0 Å². The first-order valence-corrected chi connectivity index (χ1v) is 6.70. The Kier molecular flexibility index (Phi) is 5.09. The second-order valence-corrected chi connectivity index (χ2v) is 4.90. The Balaban J connectivity index is 1.75. The van der Waals surface area contributed by atoms with Gasteiger partial charge in [-0.15, -0.1) is 0 Å². The highest BCUT2D eigenvalue weighted by Crippen LogP contribution is 2.09. The van der Waals surface area contributed by atoms with E-state index in [2.05, 4.69) is 10.6 Å². The Morgan fingerprint density at radius 1 is 1.30 bits per heavy atom. The number of benzene rings is 1. The van der Waals surface area contributed by atoms with Gasteiger partial charge < -0.3 is 10.4 Å². The molecule has 6 heteroatoms. The summed E-state index contributed by atoms with van der Waals surface area (Å²) in [6, 6.07) is 8.38. The molecule has 1 aliphatic rings. The summed E-state index contributed by atoms with van der Waals surface area (Å²) in [6.45, 7) is 1.37. The summed E-state index contributed by atoms with van der Waals surface area (Å²) < 4.78 is 0. The molecule has 0 saturated carbocycles. The fourth-order valence-electron chi connectivity index (χ4n) is 2.23. The van der Waals surface area contributed by atoms with E-state index in [1.54, 1.807) is 24.3 Å². The zero-order chi connectivity index (χ0) is 14.4. The lowest BCUT2D eigenvalue weighted by atomic mass is 10.1. The average Bonchev–Trinajstić information content (AvgIpc) is 2.39. The number of carbonyl (C=O) groups is 2. The van der Waals surface area contributed by atoms with Crippen molar-refractivity contribution in [1.82, 2.24) is 10.2 Å². The summed E-state index contributed by atoms with van der Waals surface area (Å²) in [6.07, 6.45) is 1.26. The first-order chi connectivity index (χ1) is 9.63. The second kappa shape index (κ2) is 7.02. The maximum atomic E-state index is 11.7. The Bertz CT molecular complexity index is 464. The van der Waals surface area contributed by atoms with Crippen molar-refractivity contribution in [2.75, 3.05) is 25.0 Å². The van der Waals surface area contributed by atoms with Crippen LogP contribution in [0.5, 0.6) is 0 Å². The number of nitrogens with one attached hydrogen (secondary N) is 2. The van der Waals surface area contributed by atoms with Gasteiger partial charge >= 0.3 is 6.03 Å². The van der Waals surface area contributed by atoms with Crippen LogP contribution in [0, 0.1) is 0 Å². The highest BCUT2D eigenvalue weighted by molar-refractivity contribution is 6.01. The minimum absolute atomic E-state index is 0.124. The molecule has 1 aliphatic heterocycles. The van der Waals surface area contributed by atoms with Crippen molar-refractivity contribution >= 4 is 17.6 Å². The van der Waals surface area contributed by atoms with Crippen molar-refractivity contribution in [3.8, 4) is 0 Å². The molecule has 0 spiro atoms. The van der Waals surface area contributed by atoms with E-state index in [1.807, 2.05) is 11.0 Å². The molecule has 6 nitrogen and oxygen atoms in total. The van der Waals surface area contributed by atoms with Crippen molar-refractivity contribution in [1.29, 1.82) is 0 Å². The van der Waals surface area contributed by atoms with E-state index in [0.29, 0.717) is 12.2 Å². The summed E-state index contributed by atoms with van der Waals surface area (Å²) in [5.41, 5.74) is 0.631. The molecule has 0 aromatic heterocycles. The molecule has 3 N–H and O–H groups in total. The molecule has 20 heavy (non-hydrogen) atoms. The van der Waals surface area contributed by atoms with Crippen LogP contribution in [0.4, 0.5) is 10.5 Å². The number of rotatable bonds is 3. The van der Waals surface area contributed by atoms with Crippen molar-refractivity contribution < 1.29 is 14.7 Å². The van der Waals surface area contributed by atoms with Crippen LogP contribution in [0.1, 0.15) is 12.8 Å². The van der Waals surface area contributed by atoms with Crippen molar-refractivity contribution in [3.63, 3.8) is 0 Å². The van der Waals surface area contributed by atoms with Crippen LogP contribution in [-0.2, 0) is 4.79 Å². The number of hydrogen-bond donors (Lipinski definition) is 3. The van der Waals surface area contributed by atoms with Gasteiger partial charge in [-0.1, -0.05) is 18.2 Å². The van der Waals surface area contributed by atoms with Crippen molar-refractivity contribution in [3.05, 3.63) is 30.3 Å². The number of para-hydroxylation sites is 1. The van der Waals surface area contributed by atoms with Gasteiger partial charge in [-0.3, -0.25) is 15.0 Å². The zero-order valence-electron chi connectivity index (χ0n) is 11.2. The number of anilines is 1. The topological polar surface area (TPSA) is 81.7 Å². The van der Waals surface area contributed by atoms with Gasteiger partial charge in [0.05, 0.1) is 12.6 Å². The lowest BCUT2D eigenvalue weighted by Crippen LogP contribution is -2.46. The molecule has 1 heterocycles. The Labute approximate surface area is 117 Å². The number of imide groups is 1. The first-order valence-electron chi connectivity index (χ1n) is 6.70. The van der Waals surface area contributed by atoms with Crippen LogP contribution in [0.3, 0.4) is 0 Å². The monoisotopic (exact) mass is 277 g/mol. The maximum absolute atomic E-state index is 11.7. The van der Waals surface area contributed by atoms with Gasteiger partial charge in [0.2, 0.25) is 5.91 Å². The van der Waals surface area contributed by atoms with Crippen molar-refractivity contribution in [2.24, 2.45) is 0 Å². The zero-order valence-corrected chi connectivity index (χ0v) is 11.2. The summed E-state index contributed by atoms with van der Waals surface area (Å²) in [7, 11) is 0. The maximum Gasteiger partial charge on any atom is 0.325 e. The number of β-amino-alcohol motifs (C(OH)–C–C–N with tert-alkyl or cyclic N) is 1. The SMILES string of the molecule is O=C(CN1CCCC(O)C1)NC(=O)Nc1ccccc1. The normalized spacial score (nSPS) is 19.4. The van der Waals surface area contributed by atoms with Crippen LogP contribution in [0.2, 0.25) is 0 Å². The minimum atomic E-state index is -0.543. The van der Waals surface area contributed by atoms with E-state index in [1.165, 1.54) is 0 Å². The quantitative estimate of drug-likeness (QED) is 0.763. The Morgan fingerprint density at radius 3 is 2.75 bits per heavy atom. The number of piperidine rings is 1. The summed E-state index contributed by atoms with van der Waals surface area (Å²) in [5, 5.41) is 14.4. The molecular weight excluding hydrogens is 258 g/mol. The van der Waals surface area contributed by atoms with Crippen LogP contribution < -0.4 is 10.6 Å². The van der Waals surface area contributed by atoms with Gasteiger partial charge in [-0.05, 0) is 31.5 Å². The number of urea groups is 1. The number of likely N-dealkylation sites (tertiary alicyclic amines) is 1. The van der Waals surface area contributed by atoms with Crippen LogP contribution in [-0.4, -0.2) is 47.7 Å². The molecule has 0 radical (unpaired) electrons. The Morgan fingerprint density at radius 2 is 2.05 bits per heavy atom. The summed E-state index contributed by atoms with van der Waals surface area (Å²) in [5.74, 6) is -0.368. The molecule has 1 atom stereocenters. The van der Waals surface area contributed by atoms with Crippen LogP contribution in [0.15, 0.2) is 30.3 Å². The number of amides is 3. The highest BCUT2D eigenvalue weighted by atomic mass is 16.3. The smallest absolute Gasteiger partial charge is 0.325 e. The van der Waals surface area contributed by atoms with Crippen molar-refractivity contribution in [2.45, 2.75) is 18.9 Å². The van der Waals surface area contributed by atoms with E-state index < -0.39 is 6.03 Å². The minimum Gasteiger partial charge on any atom is -0.392 e. The van der Waals surface area contributed by atoms with E-state index >= 15 is 0 Å². The lowest BCUT2D eigenvalue weighted by molar-refractivity contribution is -0.121. The third kappa shape index (κ3) is 4.64. The highest BCUT2D eigenvalue weighted by Gasteiger charge is 2.20. The number of aliphatic hydroxyl groups is 1. The predicted molar refractivity (Wildman–Crippen MR) is 75.3 cm³/mol. The Hall–Kier alpha value is -1.92. The van der Waals surface area contributed by atoms with Gasteiger partial charge in [0, 0.05) is 12.2 Å². The van der Waals surface area contributed by atoms with Crippen LogP contribution in [0.25, 0.3) is 0 Å². The number of nitrogens with zero attached hydrogens (tertiary/aromatic N) is 1. The number of aliphatic hydroxyl groups excluding tert-OH is 1. The molecule has 1 unspecified atom stereocenters. The molecule has 108 valence electrons. The van der Waals surface area contributed by atoms with E-state index in [0.717, 1.165) is 19.4 Å². The van der Waals surface area contributed by atoms with Gasteiger partial charge in [-0.2, -0.15) is 0 Å². The molecule has 1 aromatic rings. The van der Waals surface area contributed by atoms with Gasteiger partial charge in [-0.25, -0.2) is 4.79 Å². The molecule has 3 amide bonds. The van der Waals surface area contributed by atoms with Gasteiger partial charge in [0.15, 0.2) is 0 Å². The first kappa shape index (κ1) is 14.5.